The van der Waals surface area contributed by atoms with Crippen LogP contribution in [0.2, 0.25) is 0 Å². The zero-order chi connectivity index (χ0) is 13.8. The van der Waals surface area contributed by atoms with Gasteiger partial charge in [-0.2, -0.15) is 0 Å². The highest BCUT2D eigenvalue weighted by atomic mass is 16.5. The summed E-state index contributed by atoms with van der Waals surface area (Å²) in [6, 6.07) is 0. The van der Waals surface area contributed by atoms with E-state index in [0.29, 0.717) is 0 Å². The number of hydrogen-bond donors (Lipinski definition) is 1. The third-order valence-corrected chi connectivity index (χ3v) is 4.20. The number of unbranched alkanes of at least 4 members (excludes halogenated alkanes) is 1. The second kappa shape index (κ2) is 11.7. The first kappa shape index (κ1) is 16.9. The lowest BCUT2D eigenvalue weighted by Crippen LogP contribution is -2.27. The Hall–Kier alpha value is -0.120. The van der Waals surface area contributed by atoms with E-state index in [9.17, 15) is 0 Å². The molecule has 19 heavy (non-hydrogen) atoms. The van der Waals surface area contributed by atoms with Crippen molar-refractivity contribution in [2.45, 2.75) is 51.9 Å². The molecular weight excluding hydrogens is 236 g/mol. The van der Waals surface area contributed by atoms with Gasteiger partial charge in [0.15, 0.2) is 0 Å². The molecule has 0 radical (unpaired) electrons. The largest absolute Gasteiger partial charge is 0.383 e. The molecule has 0 aromatic rings. The van der Waals surface area contributed by atoms with Crippen LogP contribution in [0.3, 0.4) is 0 Å². The summed E-state index contributed by atoms with van der Waals surface area (Å²) in [5.41, 5.74) is 0. The summed E-state index contributed by atoms with van der Waals surface area (Å²) in [5.74, 6) is 1.01. The number of rotatable bonds is 10. The maximum Gasteiger partial charge on any atom is 0.0587 e. The van der Waals surface area contributed by atoms with Gasteiger partial charge < -0.3 is 15.0 Å². The monoisotopic (exact) mass is 270 g/mol. The molecule has 1 aliphatic heterocycles. The van der Waals surface area contributed by atoms with Crippen molar-refractivity contribution in [1.29, 1.82) is 0 Å². The minimum absolute atomic E-state index is 0.824. The summed E-state index contributed by atoms with van der Waals surface area (Å²) in [4.78, 5) is 2.69. The zero-order valence-electron chi connectivity index (χ0n) is 13.1. The van der Waals surface area contributed by atoms with Gasteiger partial charge in [0.1, 0.15) is 0 Å². The van der Waals surface area contributed by atoms with Crippen LogP contribution in [0, 0.1) is 5.92 Å². The van der Waals surface area contributed by atoms with E-state index in [2.05, 4.69) is 17.1 Å². The standard InChI is InChI=1S/C16H34N2O/c1-3-7-16-8-6-13-18(14-9-16)12-5-4-10-17-11-15-19-2/h16-17H,3-15H2,1-2H3. The maximum absolute atomic E-state index is 5.02. The Morgan fingerprint density at radius 2 is 2.05 bits per heavy atom. The molecule has 0 aromatic heterocycles. The molecule has 1 heterocycles. The highest BCUT2D eigenvalue weighted by Gasteiger charge is 2.15. The Kier molecular flexibility index (Phi) is 10.4. The van der Waals surface area contributed by atoms with Crippen LogP contribution in [0.1, 0.15) is 51.9 Å². The molecule has 3 heteroatoms. The van der Waals surface area contributed by atoms with E-state index in [-0.39, 0.29) is 0 Å². The zero-order valence-corrected chi connectivity index (χ0v) is 13.1. The van der Waals surface area contributed by atoms with Crippen LogP contribution in [0.4, 0.5) is 0 Å². The third kappa shape index (κ3) is 8.61. The summed E-state index contributed by atoms with van der Waals surface area (Å²) in [6.45, 7) is 9.22. The minimum atomic E-state index is 0.824. The predicted molar refractivity (Wildman–Crippen MR) is 82.7 cm³/mol. The molecule has 3 nitrogen and oxygen atoms in total. The molecule has 1 rings (SSSR count). The molecule has 0 spiro atoms. The van der Waals surface area contributed by atoms with Crippen molar-refractivity contribution in [3.8, 4) is 0 Å². The predicted octanol–water partition coefficient (Wildman–Crippen LogP) is 2.90. The lowest BCUT2D eigenvalue weighted by Gasteiger charge is -2.20. The van der Waals surface area contributed by atoms with E-state index in [1.165, 1.54) is 64.6 Å². The maximum atomic E-state index is 5.02. The average Bonchev–Trinajstić information content (AvgIpc) is 2.64. The van der Waals surface area contributed by atoms with Gasteiger partial charge in [0.05, 0.1) is 6.61 Å². The van der Waals surface area contributed by atoms with E-state index in [4.69, 9.17) is 4.74 Å². The molecule has 0 saturated carbocycles. The van der Waals surface area contributed by atoms with Crippen molar-refractivity contribution >= 4 is 0 Å². The van der Waals surface area contributed by atoms with Crippen molar-refractivity contribution < 1.29 is 4.74 Å². The van der Waals surface area contributed by atoms with Gasteiger partial charge in [-0.05, 0) is 64.2 Å². The first-order valence-corrected chi connectivity index (χ1v) is 8.28. The second-order valence-corrected chi connectivity index (χ2v) is 5.88. The third-order valence-electron chi connectivity index (χ3n) is 4.20. The lowest BCUT2D eigenvalue weighted by molar-refractivity contribution is 0.199. The lowest BCUT2D eigenvalue weighted by atomic mass is 9.96. The summed E-state index contributed by atoms with van der Waals surface area (Å²) in [5, 5.41) is 3.42. The van der Waals surface area contributed by atoms with Crippen molar-refractivity contribution in [2.24, 2.45) is 5.92 Å². The molecular formula is C16H34N2O. The molecule has 0 aromatic carbocycles. The highest BCUT2D eigenvalue weighted by Crippen LogP contribution is 2.21. The van der Waals surface area contributed by atoms with Crippen LogP contribution >= 0.6 is 0 Å². The molecule has 1 fully saturated rings. The molecule has 114 valence electrons. The second-order valence-electron chi connectivity index (χ2n) is 5.88. The number of hydrogen-bond acceptors (Lipinski definition) is 3. The highest BCUT2D eigenvalue weighted by molar-refractivity contribution is 4.70. The number of likely N-dealkylation sites (tertiary alicyclic amines) is 1. The molecule has 0 aliphatic carbocycles. The molecule has 1 saturated heterocycles. The van der Waals surface area contributed by atoms with Crippen LogP contribution in [-0.2, 0) is 4.74 Å². The van der Waals surface area contributed by atoms with E-state index >= 15 is 0 Å². The van der Waals surface area contributed by atoms with Crippen LogP contribution in [-0.4, -0.2) is 51.3 Å². The first-order chi connectivity index (χ1) is 9.36. The van der Waals surface area contributed by atoms with Gasteiger partial charge in [-0.3, -0.25) is 0 Å². The molecule has 1 unspecified atom stereocenters. The molecule has 1 atom stereocenters. The minimum Gasteiger partial charge on any atom is -0.383 e. The molecule has 1 N–H and O–H groups in total. The smallest absolute Gasteiger partial charge is 0.0587 e. The van der Waals surface area contributed by atoms with Crippen LogP contribution in [0.5, 0.6) is 0 Å². The van der Waals surface area contributed by atoms with Crippen LogP contribution in [0.15, 0.2) is 0 Å². The number of nitrogens with one attached hydrogen (secondary N) is 1. The average molecular weight is 270 g/mol. The van der Waals surface area contributed by atoms with E-state index in [1.807, 2.05) is 0 Å². The van der Waals surface area contributed by atoms with E-state index in [1.54, 1.807) is 7.11 Å². The summed E-state index contributed by atoms with van der Waals surface area (Å²) in [7, 11) is 1.76. The van der Waals surface area contributed by atoms with Crippen molar-refractivity contribution in [1.82, 2.24) is 10.2 Å². The van der Waals surface area contributed by atoms with Crippen molar-refractivity contribution in [3.63, 3.8) is 0 Å². The number of methoxy groups -OCH3 is 1. The quantitative estimate of drug-likeness (QED) is 0.618. The Morgan fingerprint density at radius 3 is 2.84 bits per heavy atom. The fraction of sp³-hybridized carbons (Fsp3) is 1.00. The molecule has 0 amide bonds. The van der Waals surface area contributed by atoms with Gasteiger partial charge in [0, 0.05) is 13.7 Å². The van der Waals surface area contributed by atoms with Crippen LogP contribution in [0.25, 0.3) is 0 Å². The van der Waals surface area contributed by atoms with Gasteiger partial charge in [0.2, 0.25) is 0 Å². The summed E-state index contributed by atoms with van der Waals surface area (Å²) >= 11 is 0. The number of ether oxygens (including phenoxy) is 1. The summed E-state index contributed by atoms with van der Waals surface area (Å²) in [6.07, 6.45) is 9.73. The van der Waals surface area contributed by atoms with E-state index in [0.717, 1.165) is 25.6 Å². The Balaban J connectivity index is 1.97. The van der Waals surface area contributed by atoms with Crippen LogP contribution < -0.4 is 5.32 Å². The van der Waals surface area contributed by atoms with Gasteiger partial charge in [-0.25, -0.2) is 0 Å². The van der Waals surface area contributed by atoms with E-state index < -0.39 is 0 Å². The molecule has 1 aliphatic rings. The fourth-order valence-corrected chi connectivity index (χ4v) is 3.03. The Labute approximate surface area is 120 Å². The Bertz CT molecular complexity index is 199. The van der Waals surface area contributed by atoms with Crippen molar-refractivity contribution in [3.05, 3.63) is 0 Å². The summed E-state index contributed by atoms with van der Waals surface area (Å²) < 4.78 is 5.02. The van der Waals surface area contributed by atoms with Gasteiger partial charge >= 0.3 is 0 Å². The van der Waals surface area contributed by atoms with Crippen molar-refractivity contribution in [2.75, 3.05) is 46.4 Å². The fourth-order valence-electron chi connectivity index (χ4n) is 3.03. The topological polar surface area (TPSA) is 24.5 Å². The number of nitrogens with zero attached hydrogens (tertiary/aromatic N) is 1. The van der Waals surface area contributed by atoms with Gasteiger partial charge in [0.25, 0.3) is 0 Å². The Morgan fingerprint density at radius 1 is 1.16 bits per heavy atom. The molecule has 0 bridgehead atoms. The SMILES string of the molecule is CCCC1CCCN(CCCCNCCOC)CC1. The first-order valence-electron chi connectivity index (χ1n) is 8.28. The normalized spacial score (nSPS) is 21.5. The van der Waals surface area contributed by atoms with Gasteiger partial charge in [-0.15, -0.1) is 0 Å². The van der Waals surface area contributed by atoms with Gasteiger partial charge in [-0.1, -0.05) is 19.8 Å².